The molecule has 0 amide bonds. The highest BCUT2D eigenvalue weighted by Gasteiger charge is 1.77. The van der Waals surface area contributed by atoms with Gasteiger partial charge < -0.3 is 4.74 Å². The Morgan fingerprint density at radius 2 is 1.38 bits per heavy atom. The highest BCUT2D eigenvalue weighted by molar-refractivity contribution is 5.75. The lowest BCUT2D eigenvalue weighted by Crippen LogP contribution is -1.92. The van der Waals surface area contributed by atoms with Gasteiger partial charge >= 0.3 is 0 Å². The summed E-state index contributed by atoms with van der Waals surface area (Å²) in [5, 5.41) is 0. The van der Waals surface area contributed by atoms with Crippen molar-refractivity contribution in [3.63, 3.8) is 0 Å². The summed E-state index contributed by atoms with van der Waals surface area (Å²) in [5.41, 5.74) is 0. The molecule has 0 aromatic heterocycles. The molecule has 2 heteroatoms. The maximum atomic E-state index is 5.13. The van der Waals surface area contributed by atoms with Crippen molar-refractivity contribution in [1.29, 1.82) is 0 Å². The third-order valence-corrected chi connectivity index (χ3v) is 0.697. The van der Waals surface area contributed by atoms with E-state index in [9.17, 15) is 0 Å². The zero-order valence-corrected chi connectivity index (χ0v) is 5.24. The van der Waals surface area contributed by atoms with Gasteiger partial charge in [0.15, 0.2) is 0 Å². The predicted octanol–water partition coefficient (Wildman–Crippen LogP) is 0.371. The topological polar surface area (TPSA) is 9.23 Å². The zero-order chi connectivity index (χ0) is 5.54. The predicted molar refractivity (Wildman–Crippen MR) is 42.7 cm³/mol. The average Bonchev–Trinajstić information content (AvgIpc) is 1.69. The van der Waals surface area contributed by atoms with Gasteiger partial charge in [0.05, 0.1) is 0 Å². The van der Waals surface area contributed by atoms with Crippen molar-refractivity contribution < 1.29 is 4.74 Å². The molecule has 0 aliphatic carbocycles. The number of hydrogen-bond donors (Lipinski definition) is 0. The molecule has 0 saturated carbocycles. The molecule has 0 rings (SSSR count). The maximum Gasteiger partial charge on any atom is 0.0463 e. The molecule has 0 aromatic rings. The molecule has 52 valence electrons. The molecule has 0 spiro atoms. The Morgan fingerprint density at radius 3 is 1.62 bits per heavy atom. The van der Waals surface area contributed by atoms with Gasteiger partial charge in [0, 0.05) is 13.2 Å². The summed E-state index contributed by atoms with van der Waals surface area (Å²) < 4.78 is 5.13. The minimum Gasteiger partial charge on any atom is -0.381 e. The molecule has 0 aliphatic rings. The van der Waals surface area contributed by atoms with Crippen LogP contribution in [0.15, 0.2) is 0 Å². The van der Waals surface area contributed by atoms with E-state index in [4.69, 9.17) is 4.74 Å². The van der Waals surface area contributed by atoms with E-state index in [1.807, 2.05) is 0 Å². The first kappa shape index (κ1) is 11.0. The summed E-state index contributed by atoms with van der Waals surface area (Å²) in [6.45, 7) is 6.09. The second-order valence-corrected chi connectivity index (χ2v) is 1.61. The van der Waals surface area contributed by atoms with E-state index in [0.29, 0.717) is 0 Å². The fourth-order valence-electron chi connectivity index (χ4n) is 0.391. The van der Waals surface area contributed by atoms with Crippen LogP contribution in [0.25, 0.3) is 0 Å². The van der Waals surface area contributed by atoms with Crippen molar-refractivity contribution in [3.8, 4) is 0 Å². The summed E-state index contributed by atoms with van der Waals surface area (Å²) in [6, 6.07) is 0. The Bertz CT molecular complexity index is 27.7. The van der Waals surface area contributed by atoms with Gasteiger partial charge in [-0.2, -0.15) is 0 Å². The van der Waals surface area contributed by atoms with Crippen LogP contribution in [0.5, 0.6) is 0 Å². The average molecular weight is 134 g/mol. The maximum absolute atomic E-state index is 5.13. The van der Waals surface area contributed by atoms with Gasteiger partial charge in [0.2, 0.25) is 0 Å². The zero-order valence-electron chi connectivity index (χ0n) is 5.24. The molecule has 0 fully saturated rings. The fraction of sp³-hybridized carbons (Fsp3) is 1.00. The molecule has 8 heavy (non-hydrogen) atoms. The fourth-order valence-corrected chi connectivity index (χ4v) is 0.391. The SMILES string of the molecule is CCCOCCC.[SiH4]. The first-order chi connectivity index (χ1) is 3.41. The van der Waals surface area contributed by atoms with Crippen LogP contribution in [-0.4, -0.2) is 24.2 Å². The molecule has 0 bridgehead atoms. The molecule has 0 atom stereocenters. The van der Waals surface area contributed by atoms with E-state index < -0.39 is 0 Å². The molecule has 0 radical (unpaired) electrons. The van der Waals surface area contributed by atoms with Gasteiger partial charge in [-0.05, 0) is 23.8 Å². The third-order valence-electron chi connectivity index (χ3n) is 0.697. The van der Waals surface area contributed by atoms with Gasteiger partial charge in [-0.1, -0.05) is 13.8 Å². The van der Waals surface area contributed by atoms with Crippen molar-refractivity contribution in [3.05, 3.63) is 0 Å². The van der Waals surface area contributed by atoms with Crippen molar-refractivity contribution in [2.75, 3.05) is 13.2 Å². The highest BCUT2D eigenvalue weighted by atomic mass is 28.1. The Hall–Kier alpha value is 0.177. The van der Waals surface area contributed by atoms with E-state index in [1.165, 1.54) is 0 Å². The van der Waals surface area contributed by atoms with Crippen molar-refractivity contribution in [1.82, 2.24) is 0 Å². The molecular formula is C6H18OSi. The molecule has 0 unspecified atom stereocenters. The number of ether oxygens (including phenoxy) is 1. The first-order valence-corrected chi connectivity index (χ1v) is 2.99. The van der Waals surface area contributed by atoms with Gasteiger partial charge in [-0.3, -0.25) is 0 Å². The van der Waals surface area contributed by atoms with Crippen LogP contribution in [-0.2, 0) is 4.74 Å². The standard InChI is InChI=1S/C6H14O.H4Si/c1-3-5-7-6-4-2;/h3-6H2,1-2H3;1H4. The van der Waals surface area contributed by atoms with Gasteiger partial charge in [0.1, 0.15) is 0 Å². The molecule has 0 saturated heterocycles. The lowest BCUT2D eigenvalue weighted by Gasteiger charge is -1.95. The summed E-state index contributed by atoms with van der Waals surface area (Å²) in [6.07, 6.45) is 2.28. The van der Waals surface area contributed by atoms with Crippen LogP contribution in [0.1, 0.15) is 26.7 Å². The van der Waals surface area contributed by atoms with E-state index in [2.05, 4.69) is 13.8 Å². The normalized spacial score (nSPS) is 8.25. The smallest absolute Gasteiger partial charge is 0.0463 e. The van der Waals surface area contributed by atoms with Crippen LogP contribution in [0.4, 0.5) is 0 Å². The molecule has 1 nitrogen and oxygen atoms in total. The summed E-state index contributed by atoms with van der Waals surface area (Å²) in [5.74, 6) is 0. The van der Waals surface area contributed by atoms with Crippen LogP contribution in [0.2, 0.25) is 0 Å². The number of rotatable bonds is 4. The van der Waals surface area contributed by atoms with Crippen molar-refractivity contribution in [2.45, 2.75) is 26.7 Å². The minimum absolute atomic E-state index is 0. The van der Waals surface area contributed by atoms with E-state index >= 15 is 0 Å². The Balaban J connectivity index is 0. The van der Waals surface area contributed by atoms with Crippen LogP contribution in [0.3, 0.4) is 0 Å². The van der Waals surface area contributed by atoms with Crippen LogP contribution >= 0.6 is 0 Å². The van der Waals surface area contributed by atoms with E-state index in [-0.39, 0.29) is 11.0 Å². The monoisotopic (exact) mass is 134 g/mol. The second kappa shape index (κ2) is 10.2. The Kier molecular flexibility index (Phi) is 14.1. The van der Waals surface area contributed by atoms with Gasteiger partial charge in [0.25, 0.3) is 0 Å². The molecule has 0 N–H and O–H groups in total. The summed E-state index contributed by atoms with van der Waals surface area (Å²) in [4.78, 5) is 0. The molecule has 0 heterocycles. The Morgan fingerprint density at radius 1 is 1.00 bits per heavy atom. The quantitative estimate of drug-likeness (QED) is 0.399. The first-order valence-electron chi connectivity index (χ1n) is 2.99. The second-order valence-electron chi connectivity index (χ2n) is 1.61. The van der Waals surface area contributed by atoms with Gasteiger partial charge in [-0.15, -0.1) is 0 Å². The molecular weight excluding hydrogens is 116 g/mol. The van der Waals surface area contributed by atoms with Crippen molar-refractivity contribution in [2.24, 2.45) is 0 Å². The third kappa shape index (κ3) is 9.49. The van der Waals surface area contributed by atoms with Crippen LogP contribution < -0.4 is 0 Å². The lowest BCUT2D eigenvalue weighted by atomic mass is 10.5. The minimum atomic E-state index is 0. The lowest BCUT2D eigenvalue weighted by molar-refractivity contribution is 0.135. The summed E-state index contributed by atoms with van der Waals surface area (Å²) in [7, 11) is 0. The molecule has 0 aliphatic heterocycles. The van der Waals surface area contributed by atoms with Gasteiger partial charge in [-0.25, -0.2) is 0 Å². The number of hydrogen-bond acceptors (Lipinski definition) is 1. The highest BCUT2D eigenvalue weighted by Crippen LogP contribution is 1.81. The van der Waals surface area contributed by atoms with E-state index in [0.717, 1.165) is 26.1 Å². The largest absolute Gasteiger partial charge is 0.381 e. The van der Waals surface area contributed by atoms with Crippen LogP contribution in [0, 0.1) is 0 Å². The summed E-state index contributed by atoms with van der Waals surface area (Å²) >= 11 is 0. The van der Waals surface area contributed by atoms with E-state index in [1.54, 1.807) is 0 Å². The van der Waals surface area contributed by atoms with Crippen molar-refractivity contribution >= 4 is 11.0 Å². The Labute approximate surface area is 56.5 Å². The molecule has 0 aromatic carbocycles.